The quantitative estimate of drug-likeness (QED) is 0.779. The summed E-state index contributed by atoms with van der Waals surface area (Å²) in [5.74, 6) is 0.545. The Morgan fingerprint density at radius 3 is 2.29 bits per heavy atom. The van der Waals surface area contributed by atoms with Crippen molar-refractivity contribution in [3.63, 3.8) is 0 Å². The average molecular weight is 397 g/mol. The first-order chi connectivity index (χ1) is 13.6. The minimum atomic E-state index is -3.49. The first-order valence-electron chi connectivity index (χ1n) is 10.6. The fraction of sp³-hybridized carbons (Fsp3) is 0.478. The van der Waals surface area contributed by atoms with Crippen molar-refractivity contribution in [2.45, 2.75) is 55.4 Å². The molecule has 0 atom stereocenters. The maximum atomic E-state index is 13.2. The van der Waals surface area contributed by atoms with E-state index in [4.69, 9.17) is 0 Å². The molecular weight excluding hydrogens is 368 g/mol. The van der Waals surface area contributed by atoms with Gasteiger partial charge in [-0.25, -0.2) is 8.42 Å². The molecule has 0 aromatic heterocycles. The lowest BCUT2D eigenvalue weighted by Crippen LogP contribution is -2.44. The fourth-order valence-corrected chi connectivity index (χ4v) is 6.46. The Morgan fingerprint density at radius 1 is 0.857 bits per heavy atom. The van der Waals surface area contributed by atoms with Crippen molar-refractivity contribution in [1.82, 2.24) is 4.90 Å². The third kappa shape index (κ3) is 3.15. The van der Waals surface area contributed by atoms with Gasteiger partial charge in [-0.2, -0.15) is 0 Å². The number of hydrogen-bond donors (Lipinski definition) is 0. The van der Waals surface area contributed by atoms with Crippen molar-refractivity contribution in [3.05, 3.63) is 59.7 Å². The lowest BCUT2D eigenvalue weighted by atomic mass is 9.85. The minimum absolute atomic E-state index is 0.377. The van der Waals surface area contributed by atoms with Crippen LogP contribution in [-0.4, -0.2) is 39.0 Å². The van der Waals surface area contributed by atoms with E-state index < -0.39 is 10.0 Å². The highest BCUT2D eigenvalue weighted by Gasteiger charge is 2.33. The number of anilines is 1. The van der Waals surface area contributed by atoms with Crippen LogP contribution in [0.3, 0.4) is 0 Å². The number of hydrogen-bond acceptors (Lipinski definition) is 3. The summed E-state index contributed by atoms with van der Waals surface area (Å²) >= 11 is 0. The van der Waals surface area contributed by atoms with Gasteiger partial charge in [0.15, 0.2) is 0 Å². The molecule has 1 aliphatic carbocycles. The fourth-order valence-electron chi connectivity index (χ4n) is 4.94. The van der Waals surface area contributed by atoms with Crippen molar-refractivity contribution >= 4 is 15.7 Å². The van der Waals surface area contributed by atoms with Gasteiger partial charge in [0.2, 0.25) is 0 Å². The van der Waals surface area contributed by atoms with E-state index in [1.54, 1.807) is 28.6 Å². The van der Waals surface area contributed by atoms with Crippen molar-refractivity contribution in [1.29, 1.82) is 0 Å². The largest absolute Gasteiger partial charge is 0.300 e. The Morgan fingerprint density at radius 2 is 1.61 bits per heavy atom. The summed E-state index contributed by atoms with van der Waals surface area (Å²) in [7, 11) is -3.49. The number of likely N-dealkylation sites (tertiary alicyclic amines) is 1. The Balaban J connectivity index is 1.37. The summed E-state index contributed by atoms with van der Waals surface area (Å²) in [4.78, 5) is 3.04. The molecule has 0 spiro atoms. The summed E-state index contributed by atoms with van der Waals surface area (Å²) in [6.07, 6.45) is 7.29. The molecule has 0 bridgehead atoms. The number of nitrogens with zero attached hydrogens (tertiary/aromatic N) is 2. The van der Waals surface area contributed by atoms with Gasteiger partial charge in [-0.05, 0) is 80.4 Å². The van der Waals surface area contributed by atoms with Crippen molar-refractivity contribution in [2.24, 2.45) is 0 Å². The van der Waals surface area contributed by atoms with E-state index in [1.807, 2.05) is 6.07 Å². The SMILES string of the molecule is O=S(=O)(c1ccccc1)N1CCc2ccc(C3CCN(C4CCC4)CC3)cc21. The molecule has 2 fully saturated rings. The number of benzene rings is 2. The second kappa shape index (κ2) is 7.20. The van der Waals surface area contributed by atoms with Crippen LogP contribution in [0, 0.1) is 0 Å². The Bertz CT molecular complexity index is 946. The molecule has 4 nitrogen and oxygen atoms in total. The second-order valence-corrected chi connectivity index (χ2v) is 10.3. The normalized spacial score (nSPS) is 21.5. The Labute approximate surface area is 168 Å². The topological polar surface area (TPSA) is 40.6 Å². The third-order valence-corrected chi connectivity index (χ3v) is 8.71. The molecule has 0 radical (unpaired) electrons. The van der Waals surface area contributed by atoms with E-state index in [1.165, 1.54) is 50.8 Å². The van der Waals surface area contributed by atoms with Crippen LogP contribution in [0.4, 0.5) is 5.69 Å². The highest BCUT2D eigenvalue weighted by Crippen LogP contribution is 2.38. The van der Waals surface area contributed by atoms with Crippen molar-refractivity contribution < 1.29 is 8.42 Å². The number of piperidine rings is 1. The van der Waals surface area contributed by atoms with Crippen LogP contribution >= 0.6 is 0 Å². The third-order valence-electron chi connectivity index (χ3n) is 6.89. The number of fused-ring (bicyclic) bond motifs is 1. The molecule has 1 saturated carbocycles. The van der Waals surface area contributed by atoms with Gasteiger partial charge in [0.25, 0.3) is 10.0 Å². The summed E-state index contributed by atoms with van der Waals surface area (Å²) < 4.78 is 27.9. The van der Waals surface area contributed by atoms with Crippen LogP contribution in [0.25, 0.3) is 0 Å². The molecule has 148 valence electrons. The Kier molecular flexibility index (Phi) is 4.68. The minimum Gasteiger partial charge on any atom is -0.300 e. The first kappa shape index (κ1) is 18.2. The van der Waals surface area contributed by atoms with E-state index in [9.17, 15) is 8.42 Å². The number of rotatable bonds is 4. The van der Waals surface area contributed by atoms with Crippen LogP contribution in [0.1, 0.15) is 49.1 Å². The molecule has 0 amide bonds. The standard InChI is InChI=1S/C23H28N2O2S/c26-28(27,22-7-2-1-3-8-22)25-16-13-19-9-10-20(17-23(19)25)18-11-14-24(15-12-18)21-5-4-6-21/h1-3,7-10,17-18,21H,4-6,11-16H2. The summed E-state index contributed by atoms with van der Waals surface area (Å²) in [6.45, 7) is 2.90. The summed E-state index contributed by atoms with van der Waals surface area (Å²) in [6, 6.07) is 16.2. The molecule has 0 unspecified atom stereocenters. The van der Waals surface area contributed by atoms with Gasteiger partial charge in [0.1, 0.15) is 0 Å². The highest BCUT2D eigenvalue weighted by molar-refractivity contribution is 7.92. The average Bonchev–Trinajstić information content (AvgIpc) is 3.12. The lowest BCUT2D eigenvalue weighted by molar-refractivity contribution is 0.0975. The van der Waals surface area contributed by atoms with Gasteiger partial charge in [0, 0.05) is 12.6 Å². The van der Waals surface area contributed by atoms with Gasteiger partial charge in [-0.15, -0.1) is 0 Å². The zero-order chi connectivity index (χ0) is 19.1. The van der Waals surface area contributed by atoms with E-state index in [0.29, 0.717) is 17.4 Å². The Hall–Kier alpha value is -1.85. The van der Waals surface area contributed by atoms with Gasteiger partial charge in [0.05, 0.1) is 10.6 Å². The van der Waals surface area contributed by atoms with Crippen LogP contribution in [-0.2, 0) is 16.4 Å². The zero-order valence-electron chi connectivity index (χ0n) is 16.3. The number of sulfonamides is 1. The summed E-state index contributed by atoms with van der Waals surface area (Å²) in [5, 5.41) is 0. The van der Waals surface area contributed by atoms with Crippen LogP contribution in [0.5, 0.6) is 0 Å². The molecule has 2 aliphatic heterocycles. The molecule has 28 heavy (non-hydrogen) atoms. The van der Waals surface area contributed by atoms with E-state index in [-0.39, 0.29) is 0 Å². The molecule has 1 saturated heterocycles. The molecule has 5 rings (SSSR count). The summed E-state index contributed by atoms with van der Waals surface area (Å²) in [5.41, 5.74) is 3.35. The molecule has 0 N–H and O–H groups in total. The van der Waals surface area contributed by atoms with Gasteiger partial charge in [-0.3, -0.25) is 4.31 Å². The molecular formula is C23H28N2O2S. The zero-order valence-corrected chi connectivity index (χ0v) is 17.1. The van der Waals surface area contributed by atoms with Gasteiger partial charge < -0.3 is 4.90 Å². The first-order valence-corrected chi connectivity index (χ1v) is 12.0. The molecule has 5 heteroatoms. The van der Waals surface area contributed by atoms with Crippen LogP contribution in [0.2, 0.25) is 0 Å². The molecule has 2 heterocycles. The van der Waals surface area contributed by atoms with Crippen molar-refractivity contribution in [3.8, 4) is 0 Å². The lowest BCUT2D eigenvalue weighted by Gasteiger charge is -2.42. The van der Waals surface area contributed by atoms with Gasteiger partial charge in [-0.1, -0.05) is 36.8 Å². The molecule has 3 aliphatic rings. The van der Waals surface area contributed by atoms with Crippen LogP contribution < -0.4 is 4.31 Å². The predicted molar refractivity (Wildman–Crippen MR) is 112 cm³/mol. The van der Waals surface area contributed by atoms with E-state index >= 15 is 0 Å². The van der Waals surface area contributed by atoms with Crippen molar-refractivity contribution in [2.75, 3.05) is 23.9 Å². The molecule has 2 aromatic carbocycles. The molecule has 2 aromatic rings. The van der Waals surface area contributed by atoms with Crippen LogP contribution in [0.15, 0.2) is 53.4 Å². The van der Waals surface area contributed by atoms with E-state index in [2.05, 4.69) is 23.1 Å². The maximum Gasteiger partial charge on any atom is 0.264 e. The highest BCUT2D eigenvalue weighted by atomic mass is 32.2. The van der Waals surface area contributed by atoms with E-state index in [0.717, 1.165) is 23.7 Å². The maximum absolute atomic E-state index is 13.2. The predicted octanol–water partition coefficient (Wildman–Crippen LogP) is 4.17. The van der Waals surface area contributed by atoms with Gasteiger partial charge >= 0.3 is 0 Å². The monoisotopic (exact) mass is 396 g/mol. The second-order valence-electron chi connectivity index (χ2n) is 8.42. The smallest absolute Gasteiger partial charge is 0.264 e.